The summed E-state index contributed by atoms with van der Waals surface area (Å²) in [5.41, 5.74) is 3.69. The average Bonchev–Trinajstić information content (AvgIpc) is 2.44. The van der Waals surface area contributed by atoms with Crippen LogP contribution in [0.25, 0.3) is 0 Å². The number of rotatable bonds is 8. The van der Waals surface area contributed by atoms with Crippen molar-refractivity contribution < 1.29 is 0 Å². The van der Waals surface area contributed by atoms with Crippen molar-refractivity contribution in [1.82, 2.24) is 14.9 Å². The molecular weight excluding hydrogens is 252 g/mol. The number of nitrogens with zero attached hydrogens (tertiary/aromatic N) is 4. The van der Waals surface area contributed by atoms with Crippen molar-refractivity contribution in [2.75, 3.05) is 44.1 Å². The molecule has 0 saturated heterocycles. The largest absolute Gasteiger partial charge is 0.356 e. The van der Waals surface area contributed by atoms with Crippen LogP contribution in [0.2, 0.25) is 0 Å². The molecule has 0 aromatic carbocycles. The molecule has 6 heteroatoms. The number of aryl methyl sites for hydroxylation is 1. The normalized spacial score (nSPS) is 10.9. The maximum absolute atomic E-state index is 5.56. The third-order valence-electron chi connectivity index (χ3n) is 3.33. The number of nitrogen functional groups attached to an aromatic ring is 1. The Balaban J connectivity index is 2.95. The van der Waals surface area contributed by atoms with Gasteiger partial charge in [-0.2, -0.15) is 0 Å². The number of nitrogens with two attached hydrogens (primary N) is 1. The first kappa shape index (κ1) is 16.7. The second kappa shape index (κ2) is 8.01. The van der Waals surface area contributed by atoms with Crippen LogP contribution in [0.5, 0.6) is 0 Å². The highest BCUT2D eigenvalue weighted by atomic mass is 15.3. The smallest absolute Gasteiger partial charge is 0.148 e. The zero-order valence-electron chi connectivity index (χ0n) is 13.4. The Kier molecular flexibility index (Phi) is 6.67. The molecule has 0 saturated carbocycles. The van der Waals surface area contributed by atoms with Gasteiger partial charge in [0.05, 0.1) is 0 Å². The fourth-order valence-electron chi connectivity index (χ4n) is 2.15. The van der Waals surface area contributed by atoms with Gasteiger partial charge in [-0.05, 0) is 40.9 Å². The first-order valence-corrected chi connectivity index (χ1v) is 7.27. The highest BCUT2D eigenvalue weighted by Crippen LogP contribution is 2.23. The summed E-state index contributed by atoms with van der Waals surface area (Å²) < 4.78 is 0. The minimum atomic E-state index is 0.720. The molecule has 0 bridgehead atoms. The van der Waals surface area contributed by atoms with Gasteiger partial charge in [0.25, 0.3) is 0 Å². The third-order valence-corrected chi connectivity index (χ3v) is 3.33. The van der Waals surface area contributed by atoms with E-state index in [0.29, 0.717) is 0 Å². The molecule has 6 nitrogen and oxygen atoms in total. The molecule has 0 radical (unpaired) electrons. The van der Waals surface area contributed by atoms with E-state index in [9.17, 15) is 0 Å². The highest BCUT2D eigenvalue weighted by molar-refractivity contribution is 5.58. The lowest BCUT2D eigenvalue weighted by atomic mass is 10.2. The number of nitrogens with one attached hydrogen (secondary N) is 1. The lowest BCUT2D eigenvalue weighted by Crippen LogP contribution is -2.29. The van der Waals surface area contributed by atoms with E-state index in [1.54, 1.807) is 0 Å². The maximum Gasteiger partial charge on any atom is 0.148 e. The Morgan fingerprint density at radius 3 is 2.35 bits per heavy atom. The monoisotopic (exact) mass is 280 g/mol. The van der Waals surface area contributed by atoms with Crippen LogP contribution in [-0.2, 0) is 6.42 Å². The molecule has 0 aliphatic rings. The molecule has 1 aromatic rings. The third kappa shape index (κ3) is 4.31. The number of hydrogen-bond acceptors (Lipinski definition) is 6. The summed E-state index contributed by atoms with van der Waals surface area (Å²) in [4.78, 5) is 13.6. The molecule has 0 amide bonds. The van der Waals surface area contributed by atoms with Gasteiger partial charge in [0.2, 0.25) is 0 Å². The van der Waals surface area contributed by atoms with Crippen molar-refractivity contribution >= 4 is 11.6 Å². The second-order valence-corrected chi connectivity index (χ2v) is 5.17. The van der Waals surface area contributed by atoms with Crippen molar-refractivity contribution in [1.29, 1.82) is 0 Å². The van der Waals surface area contributed by atoms with Gasteiger partial charge in [-0.1, -0.05) is 6.92 Å². The molecule has 1 heterocycles. The Bertz CT molecular complexity index is 418. The molecule has 0 atom stereocenters. The van der Waals surface area contributed by atoms with Crippen molar-refractivity contribution in [2.24, 2.45) is 5.84 Å². The molecule has 20 heavy (non-hydrogen) atoms. The van der Waals surface area contributed by atoms with Gasteiger partial charge < -0.3 is 15.2 Å². The van der Waals surface area contributed by atoms with E-state index in [1.165, 1.54) is 0 Å². The van der Waals surface area contributed by atoms with E-state index in [4.69, 9.17) is 5.84 Å². The van der Waals surface area contributed by atoms with Gasteiger partial charge in [-0.3, -0.25) is 0 Å². The van der Waals surface area contributed by atoms with E-state index < -0.39 is 0 Å². The number of anilines is 2. The summed E-state index contributed by atoms with van der Waals surface area (Å²) in [5.74, 6) is 8.09. The van der Waals surface area contributed by atoms with Crippen LogP contribution < -0.4 is 16.2 Å². The van der Waals surface area contributed by atoms with E-state index in [0.717, 1.165) is 55.5 Å². The Morgan fingerprint density at radius 2 is 1.85 bits per heavy atom. The first-order chi connectivity index (χ1) is 9.53. The van der Waals surface area contributed by atoms with Gasteiger partial charge in [0.1, 0.15) is 17.5 Å². The van der Waals surface area contributed by atoms with Crippen LogP contribution >= 0.6 is 0 Å². The average molecular weight is 280 g/mol. The molecule has 0 unspecified atom stereocenters. The quantitative estimate of drug-likeness (QED) is 0.554. The first-order valence-electron chi connectivity index (χ1n) is 7.27. The molecule has 0 aliphatic carbocycles. The summed E-state index contributed by atoms with van der Waals surface area (Å²) >= 11 is 0. The topological polar surface area (TPSA) is 70.3 Å². The predicted molar refractivity (Wildman–Crippen MR) is 85.0 cm³/mol. The van der Waals surface area contributed by atoms with E-state index in [1.807, 2.05) is 6.92 Å². The predicted octanol–water partition coefficient (Wildman–Crippen LogP) is 1.41. The standard InChI is InChI=1S/C14H28N6/c1-6-12-16-13(18-15)11(3)14(17-12)20(7-2)10-8-9-19(4)5/h6-10,15H2,1-5H3,(H,16,17,18). The molecule has 1 rings (SSSR count). The van der Waals surface area contributed by atoms with Gasteiger partial charge in [-0.25, -0.2) is 15.8 Å². The molecule has 3 N–H and O–H groups in total. The lowest BCUT2D eigenvalue weighted by Gasteiger charge is -2.25. The van der Waals surface area contributed by atoms with Crippen molar-refractivity contribution in [3.63, 3.8) is 0 Å². The van der Waals surface area contributed by atoms with Gasteiger partial charge in [-0.15, -0.1) is 0 Å². The summed E-state index contributed by atoms with van der Waals surface area (Å²) in [5, 5.41) is 0. The highest BCUT2D eigenvalue weighted by Gasteiger charge is 2.14. The summed E-state index contributed by atoms with van der Waals surface area (Å²) in [7, 11) is 4.19. The fourth-order valence-corrected chi connectivity index (χ4v) is 2.15. The van der Waals surface area contributed by atoms with E-state index in [-0.39, 0.29) is 0 Å². The van der Waals surface area contributed by atoms with E-state index in [2.05, 4.69) is 53.1 Å². The van der Waals surface area contributed by atoms with Crippen molar-refractivity contribution in [3.05, 3.63) is 11.4 Å². The molecule has 1 aromatic heterocycles. The molecular formula is C14H28N6. The summed E-state index contributed by atoms with van der Waals surface area (Å²) in [6.45, 7) is 9.20. The van der Waals surface area contributed by atoms with Crippen LogP contribution in [0, 0.1) is 6.92 Å². The molecule has 0 fully saturated rings. The summed E-state index contributed by atoms with van der Waals surface area (Å²) in [6, 6.07) is 0. The van der Waals surface area contributed by atoms with Crippen molar-refractivity contribution in [3.8, 4) is 0 Å². The Labute approximate surface area is 122 Å². The molecule has 0 aliphatic heterocycles. The van der Waals surface area contributed by atoms with Crippen LogP contribution in [0.4, 0.5) is 11.6 Å². The zero-order valence-corrected chi connectivity index (χ0v) is 13.4. The number of aromatic nitrogens is 2. The maximum atomic E-state index is 5.56. The lowest BCUT2D eigenvalue weighted by molar-refractivity contribution is 0.400. The van der Waals surface area contributed by atoms with Crippen LogP contribution in [0.1, 0.15) is 31.7 Å². The van der Waals surface area contributed by atoms with Crippen LogP contribution in [-0.4, -0.2) is 48.6 Å². The molecule has 114 valence electrons. The van der Waals surface area contributed by atoms with Crippen molar-refractivity contribution in [2.45, 2.75) is 33.6 Å². The second-order valence-electron chi connectivity index (χ2n) is 5.17. The number of hydrazine groups is 1. The Morgan fingerprint density at radius 1 is 1.15 bits per heavy atom. The SMILES string of the molecule is CCc1nc(NN)c(C)c(N(CC)CCCN(C)C)n1. The van der Waals surface area contributed by atoms with Crippen LogP contribution in [0.3, 0.4) is 0 Å². The summed E-state index contributed by atoms with van der Waals surface area (Å²) in [6.07, 6.45) is 1.91. The zero-order chi connectivity index (χ0) is 15.1. The Hall–Kier alpha value is -1.40. The molecule has 0 spiro atoms. The van der Waals surface area contributed by atoms with Gasteiger partial charge in [0, 0.05) is 25.1 Å². The fraction of sp³-hybridized carbons (Fsp3) is 0.714. The minimum absolute atomic E-state index is 0.720. The van der Waals surface area contributed by atoms with Crippen LogP contribution in [0.15, 0.2) is 0 Å². The van der Waals surface area contributed by atoms with Gasteiger partial charge >= 0.3 is 0 Å². The minimum Gasteiger partial charge on any atom is -0.356 e. The van der Waals surface area contributed by atoms with E-state index >= 15 is 0 Å². The van der Waals surface area contributed by atoms with Gasteiger partial charge in [0.15, 0.2) is 0 Å². The number of hydrogen-bond donors (Lipinski definition) is 2.